The zero-order valence-corrected chi connectivity index (χ0v) is 19.0. The summed E-state index contributed by atoms with van der Waals surface area (Å²) in [5, 5.41) is 2.63. The summed E-state index contributed by atoms with van der Waals surface area (Å²) < 4.78 is 5.83. The Balaban J connectivity index is 1.64. The predicted molar refractivity (Wildman–Crippen MR) is 141 cm³/mol. The van der Waals surface area contributed by atoms with Crippen molar-refractivity contribution in [3.63, 3.8) is 0 Å². The molecule has 0 aromatic heterocycles. The quantitative estimate of drug-likeness (QED) is 0.247. The Morgan fingerprint density at radius 1 is 0.912 bits per heavy atom. The second-order valence-corrected chi connectivity index (χ2v) is 8.52. The first-order valence-corrected chi connectivity index (χ1v) is 11.6. The van der Waals surface area contributed by atoms with Crippen LogP contribution < -0.4 is 9.64 Å². The van der Waals surface area contributed by atoms with Crippen LogP contribution in [0.3, 0.4) is 0 Å². The number of thioether (sulfide) groups is 1. The summed E-state index contributed by atoms with van der Waals surface area (Å²) >= 11 is 1.34. The van der Waals surface area contributed by atoms with Gasteiger partial charge in [0.2, 0.25) is 0 Å². The zero-order valence-electron chi connectivity index (χ0n) is 18.2. The number of aliphatic imine (C=N–C) groups is 1. The van der Waals surface area contributed by atoms with Crippen LogP contribution in [0.15, 0.2) is 107 Å². The molecule has 4 nitrogen and oxygen atoms in total. The van der Waals surface area contributed by atoms with Crippen molar-refractivity contribution in [2.45, 2.75) is 0 Å². The summed E-state index contributed by atoms with van der Waals surface area (Å²) in [6.45, 7) is 0.145. The Morgan fingerprint density at radius 3 is 2.38 bits per heavy atom. The lowest BCUT2D eigenvalue weighted by Gasteiger charge is -2.15. The highest BCUT2D eigenvalue weighted by molar-refractivity contribution is 8.19. The molecule has 34 heavy (non-hydrogen) atoms. The molecule has 0 saturated carbocycles. The molecule has 1 amide bonds. The maximum Gasteiger partial charge on any atom is 0.271 e. The molecule has 1 aliphatic rings. The van der Waals surface area contributed by atoms with E-state index in [0.29, 0.717) is 15.8 Å². The van der Waals surface area contributed by atoms with Crippen molar-refractivity contribution in [1.82, 2.24) is 0 Å². The number of amidine groups is 1. The van der Waals surface area contributed by atoms with Gasteiger partial charge in [0.1, 0.15) is 12.4 Å². The number of nitrogens with zero attached hydrogens (tertiary/aromatic N) is 2. The molecule has 5 heteroatoms. The lowest BCUT2D eigenvalue weighted by Crippen LogP contribution is -2.28. The molecular weight excluding hydrogens is 440 g/mol. The maximum atomic E-state index is 13.7. The van der Waals surface area contributed by atoms with E-state index in [2.05, 4.69) is 5.92 Å². The van der Waals surface area contributed by atoms with Gasteiger partial charge < -0.3 is 4.74 Å². The number of fused-ring (bicyclic) bond motifs is 1. The minimum atomic E-state index is -0.137. The third-order valence-electron chi connectivity index (χ3n) is 5.32. The van der Waals surface area contributed by atoms with Crippen molar-refractivity contribution in [2.24, 2.45) is 4.99 Å². The number of para-hydroxylation sites is 2. The van der Waals surface area contributed by atoms with Gasteiger partial charge in [-0.2, -0.15) is 0 Å². The van der Waals surface area contributed by atoms with Gasteiger partial charge in [0, 0.05) is 5.56 Å². The zero-order chi connectivity index (χ0) is 23.3. The summed E-state index contributed by atoms with van der Waals surface area (Å²) in [4.78, 5) is 20.6. The van der Waals surface area contributed by atoms with Crippen molar-refractivity contribution < 1.29 is 9.53 Å². The fourth-order valence-electron chi connectivity index (χ4n) is 3.77. The molecule has 0 unspecified atom stereocenters. The highest BCUT2D eigenvalue weighted by Gasteiger charge is 2.35. The van der Waals surface area contributed by atoms with Crippen LogP contribution in [0.4, 0.5) is 11.4 Å². The molecule has 0 aliphatic carbocycles. The second-order valence-electron chi connectivity index (χ2n) is 7.51. The van der Waals surface area contributed by atoms with E-state index in [9.17, 15) is 4.79 Å². The number of amides is 1. The van der Waals surface area contributed by atoms with Crippen molar-refractivity contribution in [3.8, 4) is 18.1 Å². The van der Waals surface area contributed by atoms with E-state index in [1.54, 1.807) is 4.90 Å². The molecule has 1 aliphatic heterocycles. The number of hydrogen-bond donors (Lipinski definition) is 0. The summed E-state index contributed by atoms with van der Waals surface area (Å²) in [5.41, 5.74) is 2.36. The first kappa shape index (κ1) is 21.6. The number of terminal acetylenes is 1. The Morgan fingerprint density at radius 2 is 1.62 bits per heavy atom. The highest BCUT2D eigenvalue weighted by Crippen LogP contribution is 2.39. The minimum absolute atomic E-state index is 0.137. The van der Waals surface area contributed by atoms with Gasteiger partial charge in [0.15, 0.2) is 5.17 Å². The summed E-state index contributed by atoms with van der Waals surface area (Å²) in [7, 11) is 0. The predicted octanol–water partition coefficient (Wildman–Crippen LogP) is 6.66. The summed E-state index contributed by atoms with van der Waals surface area (Å²) in [6.07, 6.45) is 7.31. The van der Waals surface area contributed by atoms with E-state index in [1.165, 1.54) is 11.8 Å². The molecular formula is C29H20N2O2S. The van der Waals surface area contributed by atoms with Gasteiger partial charge in [0.25, 0.3) is 5.91 Å². The molecule has 164 valence electrons. The van der Waals surface area contributed by atoms with Crippen LogP contribution in [-0.2, 0) is 4.79 Å². The van der Waals surface area contributed by atoms with Crippen molar-refractivity contribution in [1.29, 1.82) is 0 Å². The number of benzene rings is 4. The molecule has 4 aromatic rings. The Kier molecular flexibility index (Phi) is 6.15. The van der Waals surface area contributed by atoms with Crippen LogP contribution in [0.25, 0.3) is 16.8 Å². The first-order chi connectivity index (χ1) is 16.7. The molecule has 0 atom stereocenters. The normalized spacial score (nSPS) is 15.7. The molecule has 0 bridgehead atoms. The van der Waals surface area contributed by atoms with Crippen LogP contribution in [0.5, 0.6) is 5.75 Å². The van der Waals surface area contributed by atoms with E-state index >= 15 is 0 Å². The van der Waals surface area contributed by atoms with Crippen LogP contribution in [0.1, 0.15) is 5.56 Å². The Bertz CT molecular complexity index is 1450. The fraction of sp³-hybridized carbons (Fsp3) is 0.0345. The highest BCUT2D eigenvalue weighted by atomic mass is 32.2. The second kappa shape index (κ2) is 9.70. The molecule has 1 heterocycles. The molecule has 0 N–H and O–H groups in total. The molecule has 1 saturated heterocycles. The molecule has 0 spiro atoms. The number of ether oxygens (including phenoxy) is 1. The smallest absolute Gasteiger partial charge is 0.271 e. The van der Waals surface area contributed by atoms with E-state index < -0.39 is 0 Å². The third-order valence-corrected chi connectivity index (χ3v) is 6.29. The number of carbonyl (C=O) groups excluding carboxylic acids is 1. The number of carbonyl (C=O) groups is 1. The maximum absolute atomic E-state index is 13.7. The standard InChI is InChI=1S/C29H20N2O2S/c1-2-19-33-26-18-17-21-11-9-10-16-24(21)25(26)20-27-28(32)31(23-14-7-4-8-15-23)29(34-27)30-22-12-5-3-6-13-22/h1,3-18,20H,19H2/b27-20-,30-29?. The van der Waals surface area contributed by atoms with Gasteiger partial charge in [-0.1, -0.05) is 72.7 Å². The average molecular weight is 461 g/mol. The van der Waals surface area contributed by atoms with Crippen LogP contribution >= 0.6 is 11.8 Å². The Labute approximate surface area is 202 Å². The lowest BCUT2D eigenvalue weighted by atomic mass is 10.0. The largest absolute Gasteiger partial charge is 0.480 e. The van der Waals surface area contributed by atoms with Gasteiger partial charge in [0.05, 0.1) is 16.3 Å². The van der Waals surface area contributed by atoms with Crippen molar-refractivity contribution >= 4 is 51.1 Å². The topological polar surface area (TPSA) is 41.9 Å². The minimum Gasteiger partial charge on any atom is -0.480 e. The number of rotatable bonds is 5. The van der Waals surface area contributed by atoms with Gasteiger partial charge in [-0.15, -0.1) is 6.42 Å². The van der Waals surface area contributed by atoms with Crippen molar-refractivity contribution in [3.05, 3.63) is 108 Å². The number of hydrogen-bond acceptors (Lipinski definition) is 4. The van der Waals surface area contributed by atoms with Gasteiger partial charge in [-0.3, -0.25) is 9.69 Å². The summed E-state index contributed by atoms with van der Waals surface area (Å²) in [5.74, 6) is 3.01. The van der Waals surface area contributed by atoms with Crippen LogP contribution in [0, 0.1) is 12.3 Å². The SMILES string of the molecule is C#CCOc1ccc2ccccc2c1/C=C1\SC(=Nc2ccccc2)N(c2ccccc2)C1=O. The van der Waals surface area contributed by atoms with Gasteiger partial charge in [-0.25, -0.2) is 4.99 Å². The summed E-state index contributed by atoms with van der Waals surface area (Å²) in [6, 6.07) is 31.1. The molecule has 4 aromatic carbocycles. The molecule has 5 rings (SSSR count). The first-order valence-electron chi connectivity index (χ1n) is 10.8. The molecule has 0 radical (unpaired) electrons. The monoisotopic (exact) mass is 460 g/mol. The number of anilines is 1. The van der Waals surface area contributed by atoms with E-state index in [1.807, 2.05) is 103 Å². The van der Waals surface area contributed by atoms with E-state index in [4.69, 9.17) is 16.2 Å². The van der Waals surface area contributed by atoms with Crippen LogP contribution in [0.2, 0.25) is 0 Å². The fourth-order valence-corrected chi connectivity index (χ4v) is 4.75. The third kappa shape index (κ3) is 4.32. The lowest BCUT2D eigenvalue weighted by molar-refractivity contribution is -0.113. The van der Waals surface area contributed by atoms with E-state index in [0.717, 1.165) is 27.7 Å². The van der Waals surface area contributed by atoms with Gasteiger partial charge in [-0.05, 0) is 58.9 Å². The van der Waals surface area contributed by atoms with E-state index in [-0.39, 0.29) is 12.5 Å². The molecule has 1 fully saturated rings. The van der Waals surface area contributed by atoms with Crippen molar-refractivity contribution in [2.75, 3.05) is 11.5 Å². The Hall–Kier alpha value is -4.27. The van der Waals surface area contributed by atoms with Crippen LogP contribution in [-0.4, -0.2) is 17.7 Å². The van der Waals surface area contributed by atoms with Gasteiger partial charge >= 0.3 is 0 Å². The average Bonchev–Trinajstić information content (AvgIpc) is 3.18.